The van der Waals surface area contributed by atoms with Gasteiger partial charge in [0.2, 0.25) is 0 Å². The highest BCUT2D eigenvalue weighted by atomic mass is 15.4. The van der Waals surface area contributed by atoms with Crippen LogP contribution < -0.4 is 9.80 Å². The topological polar surface area (TPSA) is 22.1 Å². The molecule has 3 aliphatic rings. The number of allylic oxidation sites excluding steroid dienone is 6. The number of nitrogens with zero attached hydrogens (tertiary/aromatic N) is 4. The molecular weight excluding hydrogens is 633 g/mol. The number of aliphatic imine (C=N–C) groups is 1. The lowest BCUT2D eigenvalue weighted by Gasteiger charge is -2.56. The second kappa shape index (κ2) is 15.4. The van der Waals surface area contributed by atoms with E-state index in [1.165, 1.54) is 33.5 Å². The van der Waals surface area contributed by atoms with E-state index in [2.05, 4.69) is 216 Å². The van der Waals surface area contributed by atoms with Gasteiger partial charge in [-0.15, -0.1) is 0 Å². The summed E-state index contributed by atoms with van der Waals surface area (Å²) in [5.74, 6) is 0.193. The molecule has 256 valence electrons. The van der Waals surface area contributed by atoms with Crippen LogP contribution in [0.25, 0.3) is 6.08 Å². The zero-order valence-corrected chi connectivity index (χ0v) is 29.6. The van der Waals surface area contributed by atoms with Gasteiger partial charge in [0.25, 0.3) is 0 Å². The molecule has 0 N–H and O–H groups in total. The number of hydrogen-bond acceptors (Lipinski definition) is 4. The highest BCUT2D eigenvalue weighted by molar-refractivity contribution is 5.85. The van der Waals surface area contributed by atoms with Gasteiger partial charge >= 0.3 is 0 Å². The highest BCUT2D eigenvalue weighted by Crippen LogP contribution is 2.49. The molecule has 4 nitrogen and oxygen atoms in total. The van der Waals surface area contributed by atoms with Gasteiger partial charge in [0, 0.05) is 54.9 Å². The first-order valence-corrected chi connectivity index (χ1v) is 18.3. The Bertz CT molecular complexity index is 2130. The van der Waals surface area contributed by atoms with Gasteiger partial charge < -0.3 is 14.7 Å². The summed E-state index contributed by atoms with van der Waals surface area (Å²) >= 11 is 0. The van der Waals surface area contributed by atoms with Gasteiger partial charge in [0.15, 0.2) is 0 Å². The van der Waals surface area contributed by atoms with Crippen LogP contribution in [0.1, 0.15) is 23.6 Å². The van der Waals surface area contributed by atoms with Gasteiger partial charge in [-0.3, -0.25) is 4.99 Å². The average Bonchev–Trinajstić information content (AvgIpc) is 3.20. The Hall–Kier alpha value is -6.13. The first-order chi connectivity index (χ1) is 25.8. The first-order valence-electron chi connectivity index (χ1n) is 18.3. The van der Waals surface area contributed by atoms with E-state index in [9.17, 15) is 0 Å². The SMILES string of the molecule is C/C=C\C=C/C1=CN(Cc2ccccc2)[C@H]2C([C@H]3C=Cc4ccccc4N3Cc3ccccc3)[C@H]1C(C=Nc1ccccc1)=CN2c1ccccc1. The van der Waals surface area contributed by atoms with Crippen LogP contribution in [0.5, 0.6) is 0 Å². The predicted octanol–water partition coefficient (Wildman–Crippen LogP) is 11.0. The summed E-state index contributed by atoms with van der Waals surface area (Å²) < 4.78 is 0. The smallest absolute Gasteiger partial charge is 0.112 e. The highest BCUT2D eigenvalue weighted by Gasteiger charge is 2.50. The van der Waals surface area contributed by atoms with Crippen molar-refractivity contribution in [3.05, 3.63) is 216 Å². The second-order valence-corrected chi connectivity index (χ2v) is 13.6. The molecule has 0 aliphatic carbocycles. The van der Waals surface area contributed by atoms with Gasteiger partial charge in [0.1, 0.15) is 6.17 Å². The Morgan fingerprint density at radius 1 is 0.635 bits per heavy atom. The van der Waals surface area contributed by atoms with E-state index in [0.29, 0.717) is 0 Å². The molecule has 4 heteroatoms. The monoisotopic (exact) mass is 676 g/mol. The van der Waals surface area contributed by atoms with E-state index < -0.39 is 0 Å². The van der Waals surface area contributed by atoms with Gasteiger partial charge in [-0.25, -0.2) is 0 Å². The third-order valence-corrected chi connectivity index (χ3v) is 10.3. The number of benzene rings is 5. The maximum absolute atomic E-state index is 5.09. The molecule has 1 unspecified atom stereocenters. The van der Waals surface area contributed by atoms with Gasteiger partial charge in [0.05, 0.1) is 11.7 Å². The largest absolute Gasteiger partial charge is 0.360 e. The minimum Gasteiger partial charge on any atom is -0.360 e. The maximum Gasteiger partial charge on any atom is 0.112 e. The molecule has 5 aromatic rings. The molecule has 0 saturated heterocycles. The lowest BCUT2D eigenvalue weighted by atomic mass is 9.69. The van der Waals surface area contributed by atoms with Crippen LogP contribution in [-0.2, 0) is 13.1 Å². The minimum absolute atomic E-state index is 0.0125. The Morgan fingerprint density at radius 3 is 1.98 bits per heavy atom. The van der Waals surface area contributed by atoms with Crippen molar-refractivity contribution >= 4 is 29.4 Å². The number of hydrogen-bond donors (Lipinski definition) is 0. The molecule has 8 rings (SSSR count). The lowest BCUT2D eigenvalue weighted by molar-refractivity contribution is 0.129. The molecule has 5 aromatic carbocycles. The van der Waals surface area contributed by atoms with E-state index in [0.717, 1.165) is 24.5 Å². The average molecular weight is 677 g/mol. The van der Waals surface area contributed by atoms with Gasteiger partial charge in [-0.2, -0.15) is 0 Å². The van der Waals surface area contributed by atoms with Crippen molar-refractivity contribution in [2.75, 3.05) is 9.80 Å². The molecule has 0 spiro atoms. The Morgan fingerprint density at radius 2 is 1.27 bits per heavy atom. The molecule has 0 aromatic heterocycles. The fourth-order valence-corrected chi connectivity index (χ4v) is 8.04. The van der Waals surface area contributed by atoms with Crippen molar-refractivity contribution in [3.8, 4) is 0 Å². The molecule has 52 heavy (non-hydrogen) atoms. The molecule has 3 aliphatic heterocycles. The molecular formula is C48H44N4. The number of para-hydroxylation sites is 3. The lowest BCUT2D eigenvalue weighted by Crippen LogP contribution is -2.62. The summed E-state index contributed by atoms with van der Waals surface area (Å²) in [6.07, 6.45) is 20.5. The van der Waals surface area contributed by atoms with Crippen LogP contribution in [0.15, 0.2) is 205 Å². The molecule has 0 radical (unpaired) electrons. The summed E-state index contributed by atoms with van der Waals surface area (Å²) in [6, 6.07) is 51.9. The molecule has 0 amide bonds. The van der Waals surface area contributed by atoms with E-state index in [1.807, 2.05) is 6.07 Å². The van der Waals surface area contributed by atoms with Crippen molar-refractivity contribution in [3.63, 3.8) is 0 Å². The van der Waals surface area contributed by atoms with Crippen molar-refractivity contribution in [2.45, 2.75) is 32.2 Å². The number of fused-ring (bicyclic) bond motifs is 3. The molecule has 3 heterocycles. The van der Waals surface area contributed by atoms with Crippen LogP contribution in [0.2, 0.25) is 0 Å². The Balaban J connectivity index is 1.35. The van der Waals surface area contributed by atoms with Crippen molar-refractivity contribution in [1.29, 1.82) is 0 Å². The van der Waals surface area contributed by atoms with Crippen molar-refractivity contribution < 1.29 is 0 Å². The number of rotatable bonds is 10. The zero-order valence-electron chi connectivity index (χ0n) is 29.6. The predicted molar refractivity (Wildman–Crippen MR) is 218 cm³/mol. The third kappa shape index (κ3) is 6.93. The quantitative estimate of drug-likeness (QED) is 0.109. The number of anilines is 2. The van der Waals surface area contributed by atoms with Gasteiger partial charge in [-0.05, 0) is 65.1 Å². The van der Waals surface area contributed by atoms with Crippen LogP contribution in [0, 0.1) is 11.8 Å². The maximum atomic E-state index is 5.09. The normalized spacial score (nSPS) is 21.1. The van der Waals surface area contributed by atoms with Crippen LogP contribution in [0.4, 0.5) is 17.1 Å². The summed E-state index contributed by atoms with van der Waals surface area (Å²) in [7, 11) is 0. The molecule has 0 fully saturated rings. The van der Waals surface area contributed by atoms with E-state index in [1.54, 1.807) is 0 Å². The summed E-state index contributed by atoms with van der Waals surface area (Å²) in [6.45, 7) is 3.66. The molecule has 0 saturated carbocycles. The van der Waals surface area contributed by atoms with Gasteiger partial charge in [-0.1, -0.05) is 152 Å². The first kappa shape index (κ1) is 33.0. The van der Waals surface area contributed by atoms with Crippen molar-refractivity contribution in [2.24, 2.45) is 16.8 Å². The van der Waals surface area contributed by atoms with E-state index >= 15 is 0 Å². The second-order valence-electron chi connectivity index (χ2n) is 13.6. The van der Waals surface area contributed by atoms with E-state index in [4.69, 9.17) is 4.99 Å². The van der Waals surface area contributed by atoms with E-state index in [-0.39, 0.29) is 24.0 Å². The zero-order chi connectivity index (χ0) is 35.1. The molecule has 4 atom stereocenters. The fourth-order valence-electron chi connectivity index (χ4n) is 8.04. The third-order valence-electron chi connectivity index (χ3n) is 10.3. The van der Waals surface area contributed by atoms with Crippen molar-refractivity contribution in [1.82, 2.24) is 4.90 Å². The van der Waals surface area contributed by atoms with Crippen LogP contribution >= 0.6 is 0 Å². The van der Waals surface area contributed by atoms with Crippen LogP contribution in [0.3, 0.4) is 0 Å². The Kier molecular flexibility index (Phi) is 9.79. The van der Waals surface area contributed by atoms with Crippen LogP contribution in [-0.4, -0.2) is 23.3 Å². The summed E-state index contributed by atoms with van der Waals surface area (Å²) in [4.78, 5) is 12.8. The minimum atomic E-state index is 0.0125. The summed E-state index contributed by atoms with van der Waals surface area (Å²) in [5, 5.41) is 0. The summed E-state index contributed by atoms with van der Waals surface area (Å²) in [5.41, 5.74) is 9.68. The standard InChI is InChI=1S/C48H44N4/c1-2-3-8-24-40-35-50(33-37-19-9-4-10-20-37)48-47(45-31-30-39-23-17-18-29-44(39)52(45)34-38-21-11-5-12-22-38)46(40)41(32-49-42-25-13-6-14-26-42)36-51(48)43-27-15-7-16-28-43/h2-32,35-36,45-48H,33-34H2,1H3/b3-2-,24-8-,49-32?/t45-,46-,47?,48-/m1/s1. The Labute approximate surface area is 308 Å². The molecule has 2 bridgehead atoms. The fraction of sp³-hybridized carbons (Fsp3) is 0.146.